The van der Waals surface area contributed by atoms with E-state index in [1.807, 2.05) is 11.8 Å². The van der Waals surface area contributed by atoms with Gasteiger partial charge in [0.2, 0.25) is 0 Å². The Bertz CT molecular complexity index is 416. The van der Waals surface area contributed by atoms with Crippen LogP contribution in [0.2, 0.25) is 0 Å². The zero-order valence-electron chi connectivity index (χ0n) is 10.5. The highest BCUT2D eigenvalue weighted by atomic mass is 32.1. The van der Waals surface area contributed by atoms with E-state index in [0.29, 0.717) is 26.2 Å². The number of nitrogens with zero attached hydrogens (tertiary/aromatic N) is 3. The number of alkyl halides is 4. The first-order chi connectivity index (χ1) is 8.88. The van der Waals surface area contributed by atoms with E-state index in [2.05, 4.69) is 4.98 Å². The summed E-state index contributed by atoms with van der Waals surface area (Å²) in [5.74, 6) is -3.93. The Hall–Kier alpha value is -0.890. The van der Waals surface area contributed by atoms with Crippen LogP contribution in [-0.4, -0.2) is 55.0 Å². The second-order valence-electron chi connectivity index (χ2n) is 4.58. The fourth-order valence-electron chi connectivity index (χ4n) is 1.95. The third-order valence-corrected chi connectivity index (χ3v) is 3.98. The molecule has 0 aliphatic carbocycles. The summed E-state index contributed by atoms with van der Waals surface area (Å²) in [5, 5.41) is 0.859. The van der Waals surface area contributed by atoms with Gasteiger partial charge < -0.3 is 4.90 Å². The molecule has 1 saturated heterocycles. The average Bonchev–Trinajstić information content (AvgIpc) is 2.76. The molecular formula is C11H15F4N3S. The lowest BCUT2D eigenvalue weighted by Crippen LogP contribution is -2.51. The number of aromatic nitrogens is 1. The molecule has 1 fully saturated rings. The molecule has 1 aromatic rings. The average molecular weight is 297 g/mol. The van der Waals surface area contributed by atoms with Gasteiger partial charge in [-0.15, -0.1) is 11.3 Å². The van der Waals surface area contributed by atoms with Crippen LogP contribution >= 0.6 is 11.3 Å². The van der Waals surface area contributed by atoms with Crippen LogP contribution in [0.5, 0.6) is 0 Å². The maximum absolute atomic E-state index is 12.9. The highest BCUT2D eigenvalue weighted by molar-refractivity contribution is 7.15. The van der Waals surface area contributed by atoms with Gasteiger partial charge in [-0.3, -0.25) is 4.90 Å². The summed E-state index contributed by atoms with van der Waals surface area (Å²) in [6, 6.07) is 0. The van der Waals surface area contributed by atoms with Gasteiger partial charge in [-0.25, -0.2) is 13.8 Å². The summed E-state index contributed by atoms with van der Waals surface area (Å²) >= 11 is 1.54. The number of rotatable bonds is 4. The zero-order chi connectivity index (χ0) is 14.0. The minimum Gasteiger partial charge on any atom is -0.346 e. The number of hydrogen-bond acceptors (Lipinski definition) is 4. The van der Waals surface area contributed by atoms with Crippen LogP contribution in [0, 0.1) is 6.92 Å². The van der Waals surface area contributed by atoms with E-state index in [9.17, 15) is 17.6 Å². The molecule has 0 unspecified atom stereocenters. The maximum atomic E-state index is 12.9. The molecule has 0 aromatic carbocycles. The summed E-state index contributed by atoms with van der Waals surface area (Å²) < 4.78 is 50.1. The van der Waals surface area contributed by atoms with Crippen molar-refractivity contribution < 1.29 is 17.6 Å². The van der Waals surface area contributed by atoms with Crippen molar-refractivity contribution in [3.8, 4) is 0 Å². The lowest BCUT2D eigenvalue weighted by Gasteiger charge is -2.35. The van der Waals surface area contributed by atoms with Crippen molar-refractivity contribution >= 4 is 16.5 Å². The number of hydrogen-bond donors (Lipinski definition) is 0. The molecule has 0 spiro atoms. The number of halogens is 4. The van der Waals surface area contributed by atoms with Crippen LogP contribution in [0.4, 0.5) is 22.7 Å². The highest BCUT2D eigenvalue weighted by Crippen LogP contribution is 2.26. The zero-order valence-corrected chi connectivity index (χ0v) is 11.3. The molecule has 2 rings (SSSR count). The Morgan fingerprint density at radius 2 is 1.95 bits per heavy atom. The first-order valence-electron chi connectivity index (χ1n) is 5.94. The molecule has 0 amide bonds. The summed E-state index contributed by atoms with van der Waals surface area (Å²) in [5.41, 5.74) is 0. The second kappa shape index (κ2) is 5.62. The second-order valence-corrected chi connectivity index (χ2v) is 5.79. The maximum Gasteiger partial charge on any atom is 0.319 e. The van der Waals surface area contributed by atoms with E-state index in [4.69, 9.17) is 0 Å². The molecular weight excluding hydrogens is 282 g/mol. The van der Waals surface area contributed by atoms with Crippen LogP contribution < -0.4 is 4.90 Å². The lowest BCUT2D eigenvalue weighted by molar-refractivity contribution is -0.142. The summed E-state index contributed by atoms with van der Waals surface area (Å²) in [7, 11) is 0. The molecule has 0 atom stereocenters. The van der Waals surface area contributed by atoms with Gasteiger partial charge in [-0.2, -0.15) is 8.78 Å². The van der Waals surface area contributed by atoms with E-state index in [-0.39, 0.29) is 0 Å². The number of aryl methyl sites for hydroxylation is 1. The van der Waals surface area contributed by atoms with Crippen LogP contribution in [0.3, 0.4) is 0 Å². The van der Waals surface area contributed by atoms with E-state index < -0.39 is 18.9 Å². The number of piperazine rings is 1. The van der Waals surface area contributed by atoms with E-state index in [1.54, 1.807) is 17.5 Å². The highest BCUT2D eigenvalue weighted by Gasteiger charge is 2.42. The normalized spacial score (nSPS) is 18.3. The van der Waals surface area contributed by atoms with E-state index >= 15 is 0 Å². The van der Waals surface area contributed by atoms with Crippen molar-refractivity contribution in [2.75, 3.05) is 37.6 Å². The summed E-state index contributed by atoms with van der Waals surface area (Å²) in [6.45, 7) is 2.83. The van der Waals surface area contributed by atoms with Gasteiger partial charge in [0.05, 0.1) is 6.54 Å². The van der Waals surface area contributed by atoms with Crippen molar-refractivity contribution in [3.63, 3.8) is 0 Å². The standard InChI is InChI=1S/C11H15F4N3S/c1-8-6-16-10(19-8)18-4-2-17(3-5-18)7-11(14,15)9(12)13/h6,9H,2-5,7H2,1H3. The lowest BCUT2D eigenvalue weighted by atomic mass is 10.2. The predicted octanol–water partition coefficient (Wildman–Crippen LogP) is 2.47. The molecule has 0 bridgehead atoms. The predicted molar refractivity (Wildman–Crippen MR) is 66.5 cm³/mol. The largest absolute Gasteiger partial charge is 0.346 e. The summed E-state index contributed by atoms with van der Waals surface area (Å²) in [4.78, 5) is 8.68. The molecule has 108 valence electrons. The quantitative estimate of drug-likeness (QED) is 0.796. The fraction of sp³-hybridized carbons (Fsp3) is 0.727. The van der Waals surface area contributed by atoms with Crippen LogP contribution in [0.15, 0.2) is 6.20 Å². The van der Waals surface area contributed by atoms with E-state index in [0.717, 1.165) is 10.0 Å². The van der Waals surface area contributed by atoms with Crippen LogP contribution in [0.25, 0.3) is 0 Å². The van der Waals surface area contributed by atoms with Gasteiger partial charge in [-0.05, 0) is 6.92 Å². The van der Waals surface area contributed by atoms with Crippen molar-refractivity contribution in [3.05, 3.63) is 11.1 Å². The SMILES string of the molecule is Cc1cnc(N2CCN(CC(F)(F)C(F)F)CC2)s1. The fourth-order valence-corrected chi connectivity index (χ4v) is 2.76. The molecule has 2 heterocycles. The molecule has 3 nitrogen and oxygen atoms in total. The first kappa shape index (κ1) is 14.5. The van der Waals surface area contributed by atoms with Crippen LogP contribution in [-0.2, 0) is 0 Å². The number of thiazole rings is 1. The van der Waals surface area contributed by atoms with Crippen molar-refractivity contribution in [1.29, 1.82) is 0 Å². The Kier molecular flexibility index (Phi) is 4.29. The number of anilines is 1. The third-order valence-electron chi connectivity index (χ3n) is 3.01. The molecule has 0 radical (unpaired) electrons. The van der Waals surface area contributed by atoms with Crippen molar-refractivity contribution in [2.24, 2.45) is 0 Å². The molecule has 1 aliphatic rings. The molecule has 1 aliphatic heterocycles. The van der Waals surface area contributed by atoms with Gasteiger partial charge in [0, 0.05) is 37.3 Å². The van der Waals surface area contributed by atoms with Gasteiger partial charge in [0.25, 0.3) is 0 Å². The summed E-state index contributed by atoms with van der Waals surface area (Å²) in [6.07, 6.45) is -1.84. The Labute approximate surface area is 112 Å². The molecule has 1 aromatic heterocycles. The first-order valence-corrected chi connectivity index (χ1v) is 6.76. The Morgan fingerprint density at radius 1 is 1.32 bits per heavy atom. The van der Waals surface area contributed by atoms with Gasteiger partial charge in [-0.1, -0.05) is 0 Å². The van der Waals surface area contributed by atoms with Crippen molar-refractivity contribution in [2.45, 2.75) is 19.3 Å². The minimum atomic E-state index is -3.93. The molecule has 0 saturated carbocycles. The van der Waals surface area contributed by atoms with Crippen molar-refractivity contribution in [1.82, 2.24) is 9.88 Å². The van der Waals surface area contributed by atoms with Gasteiger partial charge in [0.1, 0.15) is 0 Å². The topological polar surface area (TPSA) is 19.4 Å². The molecule has 0 N–H and O–H groups in total. The van der Waals surface area contributed by atoms with Gasteiger partial charge in [0.15, 0.2) is 5.13 Å². The Balaban J connectivity index is 1.86. The minimum absolute atomic E-state index is 0.348. The van der Waals surface area contributed by atoms with Gasteiger partial charge >= 0.3 is 12.3 Å². The van der Waals surface area contributed by atoms with Crippen LogP contribution in [0.1, 0.15) is 4.88 Å². The molecule has 19 heavy (non-hydrogen) atoms. The Morgan fingerprint density at radius 3 is 2.42 bits per heavy atom. The van der Waals surface area contributed by atoms with E-state index in [1.165, 1.54) is 4.90 Å². The monoisotopic (exact) mass is 297 g/mol. The molecule has 8 heteroatoms. The smallest absolute Gasteiger partial charge is 0.319 e. The third kappa shape index (κ3) is 3.56.